The minimum Gasteiger partial charge on any atom is -0.483 e. The van der Waals surface area contributed by atoms with E-state index in [1.165, 1.54) is 24.3 Å². The highest BCUT2D eigenvalue weighted by Crippen LogP contribution is 2.21. The van der Waals surface area contributed by atoms with E-state index in [2.05, 4.69) is 17.8 Å². The van der Waals surface area contributed by atoms with Gasteiger partial charge < -0.3 is 14.6 Å². The third-order valence-corrected chi connectivity index (χ3v) is 5.04. The zero-order chi connectivity index (χ0) is 24.9. The number of aromatic carboxylic acids is 1. The van der Waals surface area contributed by atoms with Crippen LogP contribution in [0.2, 0.25) is 0 Å². The number of hydrogen-bond donors (Lipinski definition) is 3. The number of carboxylic acids is 1. The number of ether oxygens (including phenoxy) is 2. The quantitative estimate of drug-likeness (QED) is 0.245. The maximum absolute atomic E-state index is 12.7. The summed E-state index contributed by atoms with van der Waals surface area (Å²) in [6, 6.07) is 12.0. The molecule has 0 bridgehead atoms. The normalized spacial score (nSPS) is 11.2. The number of hydrogen-bond acceptors (Lipinski definition) is 6. The lowest BCUT2D eigenvalue weighted by atomic mass is 10.1. The van der Waals surface area contributed by atoms with Gasteiger partial charge in [-0.15, -0.1) is 0 Å². The molecular weight excluding hydrogens is 440 g/mol. The second-order valence-electron chi connectivity index (χ2n) is 7.57. The molecule has 0 saturated heterocycles. The molecular formula is C25H30N2O7. The largest absolute Gasteiger partial charge is 0.483 e. The van der Waals surface area contributed by atoms with Crippen molar-refractivity contribution in [3.05, 3.63) is 65.2 Å². The summed E-state index contributed by atoms with van der Waals surface area (Å²) in [4.78, 5) is 48.3. The van der Waals surface area contributed by atoms with Crippen molar-refractivity contribution >= 4 is 23.8 Å². The van der Waals surface area contributed by atoms with Gasteiger partial charge in [0.1, 0.15) is 17.4 Å². The Bertz CT molecular complexity index is 1010. The molecule has 9 nitrogen and oxygen atoms in total. The van der Waals surface area contributed by atoms with Crippen molar-refractivity contribution in [2.24, 2.45) is 0 Å². The third-order valence-electron chi connectivity index (χ3n) is 5.04. The van der Waals surface area contributed by atoms with E-state index < -0.39 is 30.4 Å². The van der Waals surface area contributed by atoms with Crippen LogP contribution in [0, 0.1) is 0 Å². The molecule has 0 radical (unpaired) electrons. The third kappa shape index (κ3) is 7.91. The molecule has 2 rings (SSSR count). The number of hydrazine groups is 1. The van der Waals surface area contributed by atoms with E-state index in [1.807, 2.05) is 6.92 Å². The Morgan fingerprint density at radius 1 is 0.882 bits per heavy atom. The summed E-state index contributed by atoms with van der Waals surface area (Å²) in [5, 5.41) is 9.17. The SMILES string of the molecule is CCCCCC(CC)OC(=O)c1ccccc1OCC(=O)NNC(=O)c1ccccc1C(=O)O. The van der Waals surface area contributed by atoms with Crippen LogP contribution in [-0.2, 0) is 9.53 Å². The van der Waals surface area contributed by atoms with Gasteiger partial charge in [-0.2, -0.15) is 0 Å². The van der Waals surface area contributed by atoms with E-state index in [4.69, 9.17) is 9.47 Å². The average molecular weight is 471 g/mol. The van der Waals surface area contributed by atoms with Gasteiger partial charge in [0.25, 0.3) is 11.8 Å². The molecule has 1 atom stereocenters. The Balaban J connectivity index is 1.92. The molecule has 182 valence electrons. The molecule has 0 saturated carbocycles. The molecule has 0 aliphatic heterocycles. The number of carboxylic acid groups (broad SMARTS) is 1. The summed E-state index contributed by atoms with van der Waals surface area (Å²) in [7, 11) is 0. The molecule has 0 spiro atoms. The molecule has 0 aromatic heterocycles. The van der Waals surface area contributed by atoms with E-state index in [0.717, 1.165) is 25.7 Å². The van der Waals surface area contributed by atoms with Gasteiger partial charge in [-0.1, -0.05) is 51.0 Å². The highest BCUT2D eigenvalue weighted by Gasteiger charge is 2.19. The van der Waals surface area contributed by atoms with Crippen molar-refractivity contribution in [1.29, 1.82) is 0 Å². The number of unbranched alkanes of at least 4 members (excludes halogenated alkanes) is 2. The second kappa shape index (κ2) is 13.6. The minimum atomic E-state index is -1.26. The zero-order valence-corrected chi connectivity index (χ0v) is 19.3. The van der Waals surface area contributed by atoms with Gasteiger partial charge >= 0.3 is 11.9 Å². The zero-order valence-electron chi connectivity index (χ0n) is 19.3. The van der Waals surface area contributed by atoms with Crippen LogP contribution < -0.4 is 15.6 Å². The standard InChI is InChI=1S/C25H30N2O7/c1-3-5-6-11-17(4-2)34-25(32)20-14-9-10-15-21(20)33-16-22(28)26-27-23(29)18-12-7-8-13-19(18)24(30)31/h7-10,12-15,17H,3-6,11,16H2,1-2H3,(H,26,28)(H,27,29)(H,30,31). The van der Waals surface area contributed by atoms with Crippen LogP contribution in [0.4, 0.5) is 0 Å². The number of benzene rings is 2. The molecule has 0 fully saturated rings. The summed E-state index contributed by atoms with van der Waals surface area (Å²) < 4.78 is 11.1. The monoisotopic (exact) mass is 470 g/mol. The lowest BCUT2D eigenvalue weighted by Gasteiger charge is -2.17. The Labute approximate surface area is 198 Å². The molecule has 2 amide bonds. The Kier molecular flexibility index (Phi) is 10.6. The summed E-state index contributed by atoms with van der Waals surface area (Å²) >= 11 is 0. The van der Waals surface area contributed by atoms with E-state index in [0.29, 0.717) is 6.42 Å². The van der Waals surface area contributed by atoms with Crippen LogP contribution in [-0.4, -0.2) is 41.6 Å². The van der Waals surface area contributed by atoms with Gasteiger partial charge in [0.15, 0.2) is 6.61 Å². The molecule has 2 aromatic rings. The number of rotatable bonds is 12. The van der Waals surface area contributed by atoms with Gasteiger partial charge in [0.05, 0.1) is 11.1 Å². The van der Waals surface area contributed by atoms with Crippen LogP contribution in [0.25, 0.3) is 0 Å². The van der Waals surface area contributed by atoms with Gasteiger partial charge in [0, 0.05) is 0 Å². The maximum Gasteiger partial charge on any atom is 0.342 e. The summed E-state index contributed by atoms with van der Waals surface area (Å²) in [5.41, 5.74) is 4.21. The Hall–Kier alpha value is -3.88. The van der Waals surface area contributed by atoms with Crippen molar-refractivity contribution in [2.45, 2.75) is 52.1 Å². The van der Waals surface area contributed by atoms with E-state index >= 15 is 0 Å². The van der Waals surface area contributed by atoms with E-state index in [1.54, 1.807) is 24.3 Å². The topological polar surface area (TPSA) is 131 Å². The fourth-order valence-electron chi connectivity index (χ4n) is 3.19. The van der Waals surface area contributed by atoms with Crippen molar-refractivity contribution in [1.82, 2.24) is 10.9 Å². The summed E-state index contributed by atoms with van der Waals surface area (Å²) in [6.45, 7) is 3.58. The van der Waals surface area contributed by atoms with Crippen molar-refractivity contribution in [3.8, 4) is 5.75 Å². The van der Waals surface area contributed by atoms with Crippen LogP contribution in [0.3, 0.4) is 0 Å². The molecule has 2 aromatic carbocycles. The molecule has 34 heavy (non-hydrogen) atoms. The first kappa shape index (κ1) is 26.4. The molecule has 0 heterocycles. The maximum atomic E-state index is 12.7. The lowest BCUT2D eigenvalue weighted by molar-refractivity contribution is -0.123. The van der Waals surface area contributed by atoms with Gasteiger partial charge in [-0.3, -0.25) is 20.4 Å². The Morgan fingerprint density at radius 2 is 1.53 bits per heavy atom. The predicted molar refractivity (Wildman–Crippen MR) is 125 cm³/mol. The number of esters is 1. The highest BCUT2D eigenvalue weighted by molar-refractivity contribution is 6.05. The first-order valence-corrected chi connectivity index (χ1v) is 11.2. The first-order valence-electron chi connectivity index (χ1n) is 11.2. The van der Waals surface area contributed by atoms with Crippen molar-refractivity contribution in [2.75, 3.05) is 6.61 Å². The van der Waals surface area contributed by atoms with Crippen LogP contribution in [0.5, 0.6) is 5.75 Å². The smallest absolute Gasteiger partial charge is 0.342 e. The molecule has 0 aliphatic rings. The lowest BCUT2D eigenvalue weighted by Crippen LogP contribution is -2.44. The molecule has 0 aliphatic carbocycles. The Morgan fingerprint density at radius 3 is 2.18 bits per heavy atom. The fraction of sp³-hybridized carbons (Fsp3) is 0.360. The first-order chi connectivity index (χ1) is 16.4. The molecule has 1 unspecified atom stereocenters. The molecule has 3 N–H and O–H groups in total. The average Bonchev–Trinajstić information content (AvgIpc) is 2.85. The van der Waals surface area contributed by atoms with Crippen LogP contribution in [0.15, 0.2) is 48.5 Å². The predicted octanol–water partition coefficient (Wildman–Crippen LogP) is 3.74. The number of nitrogens with one attached hydrogen (secondary N) is 2. The van der Waals surface area contributed by atoms with E-state index in [9.17, 15) is 24.3 Å². The van der Waals surface area contributed by atoms with Crippen molar-refractivity contribution < 1.29 is 33.8 Å². The summed E-state index contributed by atoms with van der Waals surface area (Å²) in [5.74, 6) is -3.11. The number of para-hydroxylation sites is 1. The minimum absolute atomic E-state index is 0.103. The van der Waals surface area contributed by atoms with E-state index in [-0.39, 0.29) is 28.5 Å². The molecule has 9 heteroatoms. The second-order valence-corrected chi connectivity index (χ2v) is 7.57. The number of amides is 2. The van der Waals surface area contributed by atoms with Crippen molar-refractivity contribution in [3.63, 3.8) is 0 Å². The van der Waals surface area contributed by atoms with Gasteiger partial charge in [0.2, 0.25) is 0 Å². The number of carbonyl (C=O) groups excluding carboxylic acids is 3. The number of carbonyl (C=O) groups is 4. The van der Waals surface area contributed by atoms with Gasteiger partial charge in [-0.25, -0.2) is 9.59 Å². The highest BCUT2D eigenvalue weighted by atomic mass is 16.5. The van der Waals surface area contributed by atoms with Gasteiger partial charge in [-0.05, 0) is 43.5 Å². The van der Waals surface area contributed by atoms with Crippen LogP contribution in [0.1, 0.15) is 77.0 Å². The van der Waals surface area contributed by atoms with Crippen LogP contribution >= 0.6 is 0 Å². The summed E-state index contributed by atoms with van der Waals surface area (Å²) in [6.07, 6.45) is 4.41. The fourth-order valence-corrected chi connectivity index (χ4v) is 3.19.